The van der Waals surface area contributed by atoms with Crippen molar-refractivity contribution in [1.29, 1.82) is 0 Å². The topological polar surface area (TPSA) is 21.3 Å². The minimum Gasteiger partial charge on any atom is -0.491 e. The molecular formula is C17H27NO. The first-order chi connectivity index (χ1) is 8.67. The number of anilines is 1. The van der Waals surface area contributed by atoms with E-state index in [9.17, 15) is 0 Å². The molecule has 0 atom stereocenters. The Morgan fingerprint density at radius 1 is 1.00 bits per heavy atom. The van der Waals surface area contributed by atoms with Gasteiger partial charge in [-0.1, -0.05) is 53.7 Å². The molecule has 2 heteroatoms. The van der Waals surface area contributed by atoms with E-state index in [-0.39, 0.29) is 16.2 Å². The quantitative estimate of drug-likeness (QED) is 0.738. The molecular weight excluding hydrogens is 234 g/mol. The Morgan fingerprint density at radius 3 is 2.16 bits per heavy atom. The van der Waals surface area contributed by atoms with Crippen molar-refractivity contribution in [1.82, 2.24) is 0 Å². The van der Waals surface area contributed by atoms with E-state index in [1.807, 2.05) is 12.1 Å². The lowest BCUT2D eigenvalue weighted by molar-refractivity contribution is -0.0532. The molecule has 0 aromatic heterocycles. The fraction of sp³-hybridized carbons (Fsp3) is 0.647. The molecule has 2 rings (SSSR count). The van der Waals surface area contributed by atoms with Crippen LogP contribution in [0.4, 0.5) is 5.69 Å². The van der Waals surface area contributed by atoms with Crippen molar-refractivity contribution < 1.29 is 4.74 Å². The SMILES string of the molecule is CC(C)(C)C1(C(C)(C)C)CNc2ccccc2OC1. The lowest BCUT2D eigenvalue weighted by Crippen LogP contribution is -2.54. The minimum atomic E-state index is 0.0824. The summed E-state index contributed by atoms with van der Waals surface area (Å²) in [6.07, 6.45) is 0. The second-order valence-corrected chi connectivity index (χ2v) is 7.72. The predicted molar refractivity (Wildman–Crippen MR) is 81.8 cm³/mol. The summed E-state index contributed by atoms with van der Waals surface area (Å²) in [6.45, 7) is 15.6. The summed E-state index contributed by atoms with van der Waals surface area (Å²) in [7, 11) is 0. The van der Waals surface area contributed by atoms with Crippen molar-refractivity contribution >= 4 is 5.69 Å². The van der Waals surface area contributed by atoms with Gasteiger partial charge in [-0.25, -0.2) is 0 Å². The molecule has 1 aliphatic heterocycles. The first kappa shape index (κ1) is 14.2. The Balaban J connectivity index is 2.41. The standard InChI is InChI=1S/C17H27NO/c1-15(2,3)17(16(4,5)6)11-18-13-9-7-8-10-14(13)19-12-17/h7-10,18H,11-12H2,1-6H3. The minimum absolute atomic E-state index is 0.0824. The van der Waals surface area contributed by atoms with E-state index in [1.165, 1.54) is 0 Å². The Hall–Kier alpha value is -1.18. The third kappa shape index (κ3) is 2.33. The molecule has 0 saturated heterocycles. The zero-order chi connectivity index (χ0) is 14.3. The van der Waals surface area contributed by atoms with E-state index < -0.39 is 0 Å². The van der Waals surface area contributed by atoms with Gasteiger partial charge in [0.05, 0.1) is 12.3 Å². The molecule has 1 aliphatic rings. The molecule has 0 radical (unpaired) electrons. The molecule has 19 heavy (non-hydrogen) atoms. The number of ether oxygens (including phenoxy) is 1. The van der Waals surface area contributed by atoms with Crippen LogP contribution >= 0.6 is 0 Å². The highest BCUT2D eigenvalue weighted by molar-refractivity contribution is 5.57. The van der Waals surface area contributed by atoms with Crippen LogP contribution in [0, 0.1) is 16.2 Å². The number of hydrogen-bond donors (Lipinski definition) is 1. The Labute approximate surface area is 117 Å². The van der Waals surface area contributed by atoms with Crippen molar-refractivity contribution in [3.63, 3.8) is 0 Å². The van der Waals surface area contributed by atoms with Crippen LogP contribution in [-0.2, 0) is 0 Å². The van der Waals surface area contributed by atoms with Crippen molar-refractivity contribution in [2.75, 3.05) is 18.5 Å². The fourth-order valence-corrected chi connectivity index (χ4v) is 3.32. The van der Waals surface area contributed by atoms with Gasteiger partial charge in [0, 0.05) is 12.0 Å². The molecule has 106 valence electrons. The molecule has 0 aliphatic carbocycles. The molecule has 0 bridgehead atoms. The summed E-state index contributed by atoms with van der Waals surface area (Å²) in [5, 5.41) is 3.60. The van der Waals surface area contributed by atoms with Gasteiger partial charge in [-0.05, 0) is 23.0 Å². The largest absolute Gasteiger partial charge is 0.491 e. The molecule has 0 unspecified atom stereocenters. The van der Waals surface area contributed by atoms with Crippen LogP contribution in [0.15, 0.2) is 24.3 Å². The van der Waals surface area contributed by atoms with Crippen LogP contribution in [-0.4, -0.2) is 13.2 Å². The van der Waals surface area contributed by atoms with Gasteiger partial charge in [-0.3, -0.25) is 0 Å². The fourth-order valence-electron chi connectivity index (χ4n) is 3.32. The molecule has 0 amide bonds. The molecule has 0 saturated carbocycles. The van der Waals surface area contributed by atoms with Crippen molar-refractivity contribution in [2.45, 2.75) is 41.5 Å². The normalized spacial score (nSPS) is 18.8. The van der Waals surface area contributed by atoms with Gasteiger partial charge in [0.2, 0.25) is 0 Å². The van der Waals surface area contributed by atoms with E-state index in [4.69, 9.17) is 4.74 Å². The predicted octanol–water partition coefficient (Wildman–Crippen LogP) is 4.57. The second kappa shape index (κ2) is 4.43. The molecule has 0 spiro atoms. The monoisotopic (exact) mass is 261 g/mol. The average Bonchev–Trinajstić information content (AvgIpc) is 2.47. The number of fused-ring (bicyclic) bond motifs is 1. The third-order valence-electron chi connectivity index (χ3n) is 4.81. The zero-order valence-electron chi connectivity index (χ0n) is 13.1. The summed E-state index contributed by atoms with van der Waals surface area (Å²) in [4.78, 5) is 0. The van der Waals surface area contributed by atoms with Gasteiger partial charge in [0.25, 0.3) is 0 Å². The lowest BCUT2D eigenvalue weighted by Gasteiger charge is -2.52. The van der Waals surface area contributed by atoms with Crippen molar-refractivity contribution in [2.24, 2.45) is 16.2 Å². The Bertz CT molecular complexity index is 408. The highest BCUT2D eigenvalue weighted by atomic mass is 16.5. The summed E-state index contributed by atoms with van der Waals surface area (Å²) >= 11 is 0. The maximum atomic E-state index is 6.15. The van der Waals surface area contributed by atoms with Gasteiger partial charge in [-0.15, -0.1) is 0 Å². The highest BCUT2D eigenvalue weighted by Gasteiger charge is 2.51. The Morgan fingerprint density at radius 2 is 1.58 bits per heavy atom. The van der Waals surface area contributed by atoms with Gasteiger partial charge in [0.15, 0.2) is 0 Å². The van der Waals surface area contributed by atoms with Gasteiger partial charge in [-0.2, -0.15) is 0 Å². The van der Waals surface area contributed by atoms with Crippen molar-refractivity contribution in [3.8, 4) is 5.75 Å². The van der Waals surface area contributed by atoms with Gasteiger partial charge < -0.3 is 10.1 Å². The van der Waals surface area contributed by atoms with Crippen LogP contribution in [0.5, 0.6) is 5.75 Å². The molecule has 2 nitrogen and oxygen atoms in total. The van der Waals surface area contributed by atoms with E-state index >= 15 is 0 Å². The number of benzene rings is 1. The lowest BCUT2D eigenvalue weighted by atomic mass is 9.54. The van der Waals surface area contributed by atoms with Crippen LogP contribution < -0.4 is 10.1 Å². The number of nitrogens with one attached hydrogen (secondary N) is 1. The van der Waals surface area contributed by atoms with E-state index in [0.29, 0.717) is 0 Å². The summed E-state index contributed by atoms with van der Waals surface area (Å²) in [5.74, 6) is 0.970. The average molecular weight is 261 g/mol. The second-order valence-electron chi connectivity index (χ2n) is 7.72. The van der Waals surface area contributed by atoms with Gasteiger partial charge in [0.1, 0.15) is 5.75 Å². The first-order valence-corrected chi connectivity index (χ1v) is 7.13. The summed E-state index contributed by atoms with van der Waals surface area (Å²) < 4.78 is 6.15. The zero-order valence-corrected chi connectivity index (χ0v) is 13.1. The third-order valence-corrected chi connectivity index (χ3v) is 4.81. The molecule has 1 N–H and O–H groups in total. The first-order valence-electron chi connectivity index (χ1n) is 7.13. The molecule has 1 aromatic carbocycles. The number of rotatable bonds is 0. The summed E-state index contributed by atoms with van der Waals surface area (Å²) in [6, 6.07) is 8.22. The molecule has 1 aromatic rings. The maximum Gasteiger partial charge on any atom is 0.142 e. The highest BCUT2D eigenvalue weighted by Crippen LogP contribution is 2.53. The number of para-hydroxylation sites is 2. The number of hydrogen-bond acceptors (Lipinski definition) is 2. The van der Waals surface area contributed by atoms with E-state index in [1.54, 1.807) is 0 Å². The van der Waals surface area contributed by atoms with Crippen LogP contribution in [0.1, 0.15) is 41.5 Å². The van der Waals surface area contributed by atoms with Crippen molar-refractivity contribution in [3.05, 3.63) is 24.3 Å². The van der Waals surface area contributed by atoms with E-state index in [2.05, 4.69) is 59.0 Å². The molecule has 1 heterocycles. The summed E-state index contributed by atoms with van der Waals surface area (Å²) in [5.41, 5.74) is 1.53. The van der Waals surface area contributed by atoms with Crippen LogP contribution in [0.25, 0.3) is 0 Å². The van der Waals surface area contributed by atoms with E-state index in [0.717, 1.165) is 24.6 Å². The Kier molecular flexibility index (Phi) is 3.32. The van der Waals surface area contributed by atoms with Crippen LogP contribution in [0.2, 0.25) is 0 Å². The smallest absolute Gasteiger partial charge is 0.142 e. The van der Waals surface area contributed by atoms with Crippen LogP contribution in [0.3, 0.4) is 0 Å². The molecule has 0 fully saturated rings. The van der Waals surface area contributed by atoms with Gasteiger partial charge >= 0.3 is 0 Å². The maximum absolute atomic E-state index is 6.15.